The Bertz CT molecular complexity index is 386. The van der Waals surface area contributed by atoms with Gasteiger partial charge in [-0.3, -0.25) is 4.79 Å². The van der Waals surface area contributed by atoms with Gasteiger partial charge in [0.15, 0.2) is 0 Å². The van der Waals surface area contributed by atoms with Crippen LogP contribution in [0.3, 0.4) is 0 Å². The van der Waals surface area contributed by atoms with Gasteiger partial charge < -0.3 is 9.67 Å². The van der Waals surface area contributed by atoms with Gasteiger partial charge >= 0.3 is 5.97 Å². The first-order valence-electron chi connectivity index (χ1n) is 4.15. The van der Waals surface area contributed by atoms with Crippen molar-refractivity contribution < 1.29 is 9.90 Å². The van der Waals surface area contributed by atoms with Crippen molar-refractivity contribution in [3.05, 3.63) is 34.2 Å². The third-order valence-electron chi connectivity index (χ3n) is 1.78. The molecule has 0 aliphatic rings. The Kier molecular flexibility index (Phi) is 3.88. The molecule has 0 amide bonds. The van der Waals surface area contributed by atoms with E-state index in [0.29, 0.717) is 6.54 Å². The number of aryl methyl sites for hydroxylation is 1. The summed E-state index contributed by atoms with van der Waals surface area (Å²) >= 11 is 3.25. The lowest BCUT2D eigenvalue weighted by atomic mass is 10.3. The number of carboxylic acid groups (broad SMARTS) is 1. The van der Waals surface area contributed by atoms with Crippen molar-refractivity contribution >= 4 is 21.9 Å². The van der Waals surface area contributed by atoms with E-state index in [4.69, 9.17) is 5.11 Å². The summed E-state index contributed by atoms with van der Waals surface area (Å²) in [6, 6.07) is 2.88. The summed E-state index contributed by atoms with van der Waals surface area (Å²) in [6.07, 6.45) is 2.39. The third kappa shape index (κ3) is 2.45. The number of aromatic carboxylic acids is 1. The molecule has 0 aliphatic carbocycles. The Balaban J connectivity index is 3.02. The van der Waals surface area contributed by atoms with Gasteiger partial charge in [-0.15, -0.1) is 0 Å². The van der Waals surface area contributed by atoms with Crippen molar-refractivity contribution in [1.29, 1.82) is 0 Å². The predicted molar refractivity (Wildman–Crippen MR) is 56.1 cm³/mol. The molecule has 0 aromatic carbocycles. The first-order valence-corrected chi connectivity index (χ1v) is 5.27. The molecule has 14 heavy (non-hydrogen) atoms. The summed E-state index contributed by atoms with van der Waals surface area (Å²) in [7, 11) is 0. The molecule has 1 heterocycles. The normalized spacial score (nSPS) is 10.1. The van der Waals surface area contributed by atoms with Gasteiger partial charge in [0, 0.05) is 18.1 Å². The summed E-state index contributed by atoms with van der Waals surface area (Å²) in [6.45, 7) is 0.533. The van der Waals surface area contributed by atoms with Gasteiger partial charge in [0.25, 0.3) is 5.56 Å². The molecular formula is C9H10BrNO3. The fraction of sp³-hybridized carbons (Fsp3) is 0.333. The van der Waals surface area contributed by atoms with Gasteiger partial charge in [-0.1, -0.05) is 15.9 Å². The lowest BCUT2D eigenvalue weighted by Gasteiger charge is -2.04. The minimum Gasteiger partial charge on any atom is -0.477 e. The molecule has 0 atom stereocenters. The minimum atomic E-state index is -1.18. The largest absolute Gasteiger partial charge is 0.477 e. The molecule has 0 saturated heterocycles. The summed E-state index contributed by atoms with van der Waals surface area (Å²) in [5.74, 6) is -1.18. The first-order chi connectivity index (χ1) is 6.66. The maximum atomic E-state index is 11.5. The lowest BCUT2D eigenvalue weighted by Crippen LogP contribution is -2.25. The molecule has 76 valence electrons. The van der Waals surface area contributed by atoms with Crippen LogP contribution >= 0.6 is 15.9 Å². The standard InChI is InChI=1S/C9H10BrNO3/c10-4-2-6-11-5-1-3-7(8(11)12)9(13)14/h1,3,5H,2,4,6H2,(H,13,14). The zero-order chi connectivity index (χ0) is 10.6. The fourth-order valence-electron chi connectivity index (χ4n) is 1.11. The molecule has 1 aromatic rings. The zero-order valence-electron chi connectivity index (χ0n) is 7.44. The van der Waals surface area contributed by atoms with Crippen LogP contribution in [0.5, 0.6) is 0 Å². The Hall–Kier alpha value is -1.10. The summed E-state index contributed by atoms with van der Waals surface area (Å²) in [5, 5.41) is 9.48. The number of halogens is 1. The number of pyridine rings is 1. The molecule has 0 unspecified atom stereocenters. The molecule has 1 N–H and O–H groups in total. The first kappa shape index (κ1) is 11.0. The fourth-order valence-corrected chi connectivity index (χ4v) is 1.36. The van der Waals surface area contributed by atoms with Gasteiger partial charge in [0.2, 0.25) is 0 Å². The van der Waals surface area contributed by atoms with E-state index in [1.807, 2.05) is 0 Å². The van der Waals surface area contributed by atoms with Crippen molar-refractivity contribution in [1.82, 2.24) is 4.57 Å². The number of aromatic nitrogens is 1. The van der Waals surface area contributed by atoms with Gasteiger partial charge in [-0.2, -0.15) is 0 Å². The molecule has 0 spiro atoms. The average Bonchev–Trinajstić information content (AvgIpc) is 2.16. The Morgan fingerprint density at radius 3 is 2.86 bits per heavy atom. The van der Waals surface area contributed by atoms with Crippen LogP contribution < -0.4 is 5.56 Å². The predicted octanol–water partition coefficient (Wildman–Crippen LogP) is 1.33. The monoisotopic (exact) mass is 259 g/mol. The van der Waals surface area contributed by atoms with Crippen molar-refractivity contribution in [2.75, 3.05) is 5.33 Å². The highest BCUT2D eigenvalue weighted by molar-refractivity contribution is 9.09. The molecule has 1 rings (SSSR count). The van der Waals surface area contributed by atoms with E-state index in [9.17, 15) is 9.59 Å². The Morgan fingerprint density at radius 1 is 1.57 bits per heavy atom. The van der Waals surface area contributed by atoms with Gasteiger partial charge in [0.1, 0.15) is 5.56 Å². The summed E-state index contributed by atoms with van der Waals surface area (Å²) < 4.78 is 1.41. The molecule has 5 heteroatoms. The van der Waals surface area contributed by atoms with Crippen molar-refractivity contribution in [3.8, 4) is 0 Å². The number of rotatable bonds is 4. The number of carboxylic acids is 1. The van der Waals surface area contributed by atoms with Crippen molar-refractivity contribution in [2.45, 2.75) is 13.0 Å². The SMILES string of the molecule is O=C(O)c1cccn(CCCBr)c1=O. The topological polar surface area (TPSA) is 59.3 Å². The minimum absolute atomic E-state index is 0.179. The smallest absolute Gasteiger partial charge is 0.341 e. The second-order valence-corrected chi connectivity index (χ2v) is 3.56. The molecule has 1 aromatic heterocycles. The van der Waals surface area contributed by atoms with Crippen LogP contribution in [0.2, 0.25) is 0 Å². The van der Waals surface area contributed by atoms with Crippen molar-refractivity contribution in [3.63, 3.8) is 0 Å². The van der Waals surface area contributed by atoms with Gasteiger partial charge in [0.05, 0.1) is 0 Å². The molecule has 0 fully saturated rings. The van der Waals surface area contributed by atoms with Crippen molar-refractivity contribution in [2.24, 2.45) is 0 Å². The van der Waals surface area contributed by atoms with Crippen LogP contribution in [0.25, 0.3) is 0 Å². The molecule has 0 bridgehead atoms. The number of alkyl halides is 1. The number of nitrogens with zero attached hydrogens (tertiary/aromatic N) is 1. The quantitative estimate of drug-likeness (QED) is 0.831. The van der Waals surface area contributed by atoms with Crippen LogP contribution in [0, 0.1) is 0 Å². The molecule has 0 aliphatic heterocycles. The van der Waals surface area contributed by atoms with Crippen LogP contribution in [0.4, 0.5) is 0 Å². The summed E-state index contributed by atoms with van der Waals surface area (Å²) in [4.78, 5) is 22.1. The van der Waals surface area contributed by atoms with Crippen LogP contribution in [0.1, 0.15) is 16.8 Å². The van der Waals surface area contributed by atoms with E-state index in [1.165, 1.54) is 10.6 Å². The van der Waals surface area contributed by atoms with Crippen LogP contribution in [0.15, 0.2) is 23.1 Å². The maximum absolute atomic E-state index is 11.5. The summed E-state index contributed by atoms with van der Waals surface area (Å²) in [5.41, 5.74) is -0.622. The molecule has 4 nitrogen and oxygen atoms in total. The molecule has 0 radical (unpaired) electrons. The highest BCUT2D eigenvalue weighted by atomic mass is 79.9. The Labute approximate surface area is 89.3 Å². The Morgan fingerprint density at radius 2 is 2.29 bits per heavy atom. The van der Waals surface area contributed by atoms with Crippen LogP contribution in [-0.2, 0) is 6.54 Å². The highest BCUT2D eigenvalue weighted by Gasteiger charge is 2.09. The van der Waals surface area contributed by atoms with E-state index in [1.54, 1.807) is 12.3 Å². The van der Waals surface area contributed by atoms with Crippen LogP contribution in [-0.4, -0.2) is 21.0 Å². The zero-order valence-corrected chi connectivity index (χ0v) is 9.03. The van der Waals surface area contributed by atoms with E-state index in [2.05, 4.69) is 15.9 Å². The number of carbonyl (C=O) groups is 1. The second-order valence-electron chi connectivity index (χ2n) is 2.77. The maximum Gasteiger partial charge on any atom is 0.341 e. The van der Waals surface area contributed by atoms with E-state index in [0.717, 1.165) is 11.8 Å². The number of hydrogen-bond acceptors (Lipinski definition) is 2. The van der Waals surface area contributed by atoms with E-state index < -0.39 is 11.5 Å². The van der Waals surface area contributed by atoms with E-state index in [-0.39, 0.29) is 5.56 Å². The lowest BCUT2D eigenvalue weighted by molar-refractivity contribution is 0.0694. The number of hydrogen-bond donors (Lipinski definition) is 1. The molecule has 0 saturated carbocycles. The van der Waals surface area contributed by atoms with Gasteiger partial charge in [-0.25, -0.2) is 4.79 Å². The second kappa shape index (κ2) is 4.95. The van der Waals surface area contributed by atoms with E-state index >= 15 is 0 Å². The highest BCUT2D eigenvalue weighted by Crippen LogP contribution is 1.95. The van der Waals surface area contributed by atoms with Gasteiger partial charge in [-0.05, 0) is 18.6 Å². The third-order valence-corrected chi connectivity index (χ3v) is 2.34. The molecular weight excluding hydrogens is 250 g/mol. The average molecular weight is 260 g/mol.